The molecule has 1 amide bonds. The van der Waals surface area contributed by atoms with Gasteiger partial charge in [0.15, 0.2) is 5.96 Å². The fourth-order valence-electron chi connectivity index (χ4n) is 2.58. The van der Waals surface area contributed by atoms with E-state index < -0.39 is 0 Å². The molecule has 0 heterocycles. The molecule has 2 rings (SSSR count). The second-order valence-corrected chi connectivity index (χ2v) is 7.80. The zero-order valence-corrected chi connectivity index (χ0v) is 16.1. The Morgan fingerprint density at radius 3 is 2.72 bits per heavy atom. The van der Waals surface area contributed by atoms with Crippen molar-refractivity contribution in [1.29, 1.82) is 0 Å². The Hall–Kier alpha value is -1.75. The number of nitrogens with zero attached hydrogens (tertiary/aromatic N) is 1. The van der Waals surface area contributed by atoms with E-state index in [2.05, 4.69) is 40.9 Å². The fraction of sp³-hybridized carbons (Fsp3) is 0.579. The van der Waals surface area contributed by atoms with Gasteiger partial charge in [0.05, 0.1) is 0 Å². The van der Waals surface area contributed by atoms with Crippen LogP contribution in [0.2, 0.25) is 5.02 Å². The Balaban J connectivity index is 1.85. The van der Waals surface area contributed by atoms with Crippen LogP contribution in [0.3, 0.4) is 0 Å². The van der Waals surface area contributed by atoms with Gasteiger partial charge in [0.1, 0.15) is 6.54 Å². The number of rotatable bonds is 8. The third kappa shape index (κ3) is 7.78. The van der Waals surface area contributed by atoms with Crippen molar-refractivity contribution in [3.05, 3.63) is 34.9 Å². The first kappa shape index (κ1) is 19.6. The van der Waals surface area contributed by atoms with Crippen molar-refractivity contribution in [2.24, 2.45) is 10.4 Å². The highest BCUT2D eigenvalue weighted by atomic mass is 35.5. The normalized spacial score (nSPS) is 15.0. The van der Waals surface area contributed by atoms with Crippen molar-refractivity contribution >= 4 is 23.5 Å². The van der Waals surface area contributed by atoms with Gasteiger partial charge in [-0.2, -0.15) is 0 Å². The van der Waals surface area contributed by atoms with Crippen LogP contribution in [0.1, 0.15) is 39.2 Å². The van der Waals surface area contributed by atoms with Crippen LogP contribution in [0.5, 0.6) is 0 Å². The van der Waals surface area contributed by atoms with E-state index in [1.165, 1.54) is 5.56 Å². The molecule has 0 aromatic heterocycles. The minimum atomic E-state index is -0.0158. The number of amides is 1. The lowest BCUT2D eigenvalue weighted by atomic mass is 9.86. The van der Waals surface area contributed by atoms with Crippen molar-refractivity contribution < 1.29 is 4.79 Å². The van der Waals surface area contributed by atoms with Crippen LogP contribution >= 0.6 is 11.6 Å². The SMILES string of the molecule is CCNC(=NCC(=O)NC1CC1)NCC(C)(C)Cc1cccc(Cl)c1. The molecule has 5 nitrogen and oxygen atoms in total. The van der Waals surface area contributed by atoms with Gasteiger partial charge in [-0.3, -0.25) is 4.79 Å². The summed E-state index contributed by atoms with van der Waals surface area (Å²) in [5.41, 5.74) is 1.24. The van der Waals surface area contributed by atoms with Crippen molar-refractivity contribution in [3.63, 3.8) is 0 Å². The number of carbonyl (C=O) groups is 1. The average Bonchev–Trinajstić information content (AvgIpc) is 3.33. The van der Waals surface area contributed by atoms with E-state index in [1.54, 1.807) is 0 Å². The maximum absolute atomic E-state index is 11.8. The Bertz CT molecular complexity index is 611. The smallest absolute Gasteiger partial charge is 0.242 e. The first-order chi connectivity index (χ1) is 11.9. The molecule has 1 aliphatic carbocycles. The van der Waals surface area contributed by atoms with E-state index in [4.69, 9.17) is 11.6 Å². The molecule has 1 fully saturated rings. The molecule has 1 aromatic carbocycles. The summed E-state index contributed by atoms with van der Waals surface area (Å²) < 4.78 is 0. The summed E-state index contributed by atoms with van der Waals surface area (Å²) in [6.45, 7) is 8.06. The average molecular weight is 365 g/mol. The summed E-state index contributed by atoms with van der Waals surface area (Å²) in [6.07, 6.45) is 3.08. The minimum Gasteiger partial charge on any atom is -0.357 e. The number of aliphatic imine (C=N–C) groups is 1. The second kappa shape index (κ2) is 9.09. The highest BCUT2D eigenvalue weighted by Crippen LogP contribution is 2.22. The van der Waals surface area contributed by atoms with Gasteiger partial charge >= 0.3 is 0 Å². The Morgan fingerprint density at radius 1 is 1.32 bits per heavy atom. The van der Waals surface area contributed by atoms with Gasteiger partial charge in [0, 0.05) is 24.2 Å². The lowest BCUT2D eigenvalue weighted by molar-refractivity contribution is -0.119. The number of guanidine groups is 1. The van der Waals surface area contributed by atoms with Crippen LogP contribution in [0, 0.1) is 5.41 Å². The predicted molar refractivity (Wildman–Crippen MR) is 104 cm³/mol. The third-order valence-corrected chi connectivity index (χ3v) is 4.21. The molecule has 0 bridgehead atoms. The van der Waals surface area contributed by atoms with E-state index in [9.17, 15) is 4.79 Å². The number of halogens is 1. The lowest BCUT2D eigenvalue weighted by Gasteiger charge is -2.26. The van der Waals surface area contributed by atoms with Crippen molar-refractivity contribution in [3.8, 4) is 0 Å². The molecule has 0 atom stereocenters. The first-order valence-corrected chi connectivity index (χ1v) is 9.32. The summed E-state index contributed by atoms with van der Waals surface area (Å²) in [7, 11) is 0. The van der Waals surface area contributed by atoms with Crippen LogP contribution in [0.4, 0.5) is 0 Å². The molecule has 138 valence electrons. The molecule has 25 heavy (non-hydrogen) atoms. The Morgan fingerprint density at radius 2 is 2.08 bits per heavy atom. The lowest BCUT2D eigenvalue weighted by Crippen LogP contribution is -2.43. The standard InChI is InChI=1S/C19H29ClN4O/c1-4-21-18(22-12-17(25)24-16-8-9-16)23-13-19(2,3)11-14-6-5-7-15(20)10-14/h5-7,10,16H,4,8-9,11-13H2,1-3H3,(H,24,25)(H2,21,22,23). The van der Waals surface area contributed by atoms with Crippen molar-refractivity contribution in [2.45, 2.75) is 46.1 Å². The topological polar surface area (TPSA) is 65.5 Å². The van der Waals surface area contributed by atoms with Crippen molar-refractivity contribution in [1.82, 2.24) is 16.0 Å². The zero-order valence-electron chi connectivity index (χ0n) is 15.4. The molecular formula is C19H29ClN4O. The van der Waals surface area contributed by atoms with Crippen LogP contribution in [0.25, 0.3) is 0 Å². The van der Waals surface area contributed by atoms with E-state index in [1.807, 2.05) is 25.1 Å². The van der Waals surface area contributed by atoms with Gasteiger partial charge in [0.25, 0.3) is 0 Å². The molecule has 3 N–H and O–H groups in total. The number of carbonyl (C=O) groups excluding carboxylic acids is 1. The van der Waals surface area contributed by atoms with Gasteiger partial charge in [-0.05, 0) is 49.3 Å². The third-order valence-electron chi connectivity index (χ3n) is 3.97. The molecule has 1 saturated carbocycles. The number of benzene rings is 1. The summed E-state index contributed by atoms with van der Waals surface area (Å²) in [4.78, 5) is 16.2. The Labute approximate surface area is 155 Å². The van der Waals surface area contributed by atoms with Gasteiger partial charge in [0.2, 0.25) is 5.91 Å². The van der Waals surface area contributed by atoms with Crippen LogP contribution < -0.4 is 16.0 Å². The maximum Gasteiger partial charge on any atom is 0.242 e. The monoisotopic (exact) mass is 364 g/mol. The van der Waals surface area contributed by atoms with E-state index in [0.29, 0.717) is 12.0 Å². The molecule has 0 spiro atoms. The van der Waals surface area contributed by atoms with E-state index in [0.717, 1.165) is 37.4 Å². The highest BCUT2D eigenvalue weighted by molar-refractivity contribution is 6.30. The largest absolute Gasteiger partial charge is 0.357 e. The maximum atomic E-state index is 11.8. The summed E-state index contributed by atoms with van der Waals surface area (Å²) in [5, 5.41) is 10.2. The molecule has 6 heteroatoms. The van der Waals surface area contributed by atoms with Gasteiger partial charge in [-0.1, -0.05) is 37.6 Å². The molecule has 1 aliphatic rings. The van der Waals surface area contributed by atoms with Gasteiger partial charge in [-0.25, -0.2) is 4.99 Å². The zero-order chi connectivity index (χ0) is 18.3. The summed E-state index contributed by atoms with van der Waals surface area (Å²) in [5.74, 6) is 0.658. The molecule has 0 saturated heterocycles. The van der Waals surface area contributed by atoms with Crippen LogP contribution in [-0.4, -0.2) is 37.5 Å². The predicted octanol–water partition coefficient (Wildman–Crippen LogP) is 2.74. The van der Waals surface area contributed by atoms with E-state index >= 15 is 0 Å². The van der Waals surface area contributed by atoms with E-state index in [-0.39, 0.29) is 17.9 Å². The molecule has 0 unspecified atom stereocenters. The summed E-state index contributed by atoms with van der Waals surface area (Å²) >= 11 is 6.07. The highest BCUT2D eigenvalue weighted by Gasteiger charge is 2.23. The molecule has 0 aliphatic heterocycles. The van der Waals surface area contributed by atoms with Crippen molar-refractivity contribution in [2.75, 3.05) is 19.6 Å². The second-order valence-electron chi connectivity index (χ2n) is 7.36. The number of hydrogen-bond donors (Lipinski definition) is 3. The van der Waals surface area contributed by atoms with Gasteiger partial charge < -0.3 is 16.0 Å². The minimum absolute atomic E-state index is 0.0158. The number of hydrogen-bond acceptors (Lipinski definition) is 2. The Kier molecular flexibility index (Phi) is 7.12. The fourth-order valence-corrected chi connectivity index (χ4v) is 2.79. The molecule has 0 radical (unpaired) electrons. The molecule has 1 aromatic rings. The van der Waals surface area contributed by atoms with Crippen LogP contribution in [-0.2, 0) is 11.2 Å². The first-order valence-electron chi connectivity index (χ1n) is 8.94. The number of nitrogens with one attached hydrogen (secondary N) is 3. The molecular weight excluding hydrogens is 336 g/mol. The quantitative estimate of drug-likeness (QED) is 0.491. The van der Waals surface area contributed by atoms with Gasteiger partial charge in [-0.15, -0.1) is 0 Å². The van der Waals surface area contributed by atoms with Crippen LogP contribution in [0.15, 0.2) is 29.3 Å². The summed E-state index contributed by atoms with van der Waals surface area (Å²) in [6, 6.07) is 8.33.